The summed E-state index contributed by atoms with van der Waals surface area (Å²) in [4.78, 5) is 14.4. The van der Waals surface area contributed by atoms with E-state index in [2.05, 4.69) is 20.4 Å². The van der Waals surface area contributed by atoms with Crippen LogP contribution in [0.4, 0.5) is 0 Å². The summed E-state index contributed by atoms with van der Waals surface area (Å²) in [5, 5.41) is 10.8. The van der Waals surface area contributed by atoms with Crippen molar-refractivity contribution in [2.75, 3.05) is 13.1 Å². The average molecular weight is 273 g/mol. The molecule has 1 N–H and O–H groups in total. The Kier molecular flexibility index (Phi) is 3.02. The Morgan fingerprint density at radius 2 is 2.29 bits per heavy atom. The van der Waals surface area contributed by atoms with Gasteiger partial charge in [-0.25, -0.2) is 0 Å². The van der Waals surface area contributed by atoms with E-state index < -0.39 is 0 Å². The first-order valence-corrected chi connectivity index (χ1v) is 6.97. The maximum atomic E-state index is 11.9. The van der Waals surface area contributed by atoms with E-state index in [0.29, 0.717) is 15.5 Å². The van der Waals surface area contributed by atoms with Gasteiger partial charge in [0.2, 0.25) is 9.47 Å². The molecule has 0 aliphatic carbocycles. The van der Waals surface area contributed by atoms with Crippen molar-refractivity contribution in [2.24, 2.45) is 0 Å². The maximum Gasteiger partial charge on any atom is 0.282 e. The van der Waals surface area contributed by atoms with Crippen molar-refractivity contribution >= 4 is 28.8 Å². The highest BCUT2D eigenvalue weighted by molar-refractivity contribution is 7.17. The van der Waals surface area contributed by atoms with Gasteiger partial charge in [-0.1, -0.05) is 11.3 Å². The van der Waals surface area contributed by atoms with Crippen LogP contribution in [0.15, 0.2) is 0 Å². The Labute approximate surface area is 108 Å². The zero-order valence-corrected chi connectivity index (χ0v) is 10.8. The van der Waals surface area contributed by atoms with E-state index in [-0.39, 0.29) is 11.9 Å². The lowest BCUT2D eigenvalue weighted by Gasteiger charge is -2.20. The smallest absolute Gasteiger partial charge is 0.282 e. The van der Waals surface area contributed by atoms with Crippen LogP contribution in [-0.2, 0) is 0 Å². The minimum atomic E-state index is -0.145. The monoisotopic (exact) mass is 272 g/mol. The second-order valence-corrected chi connectivity index (χ2v) is 6.03. The molecule has 92 valence electrons. The molecule has 2 fully saturated rings. The quantitative estimate of drug-likeness (QED) is 0.878. The number of aromatic nitrogens is 2. The fraction of sp³-hybridized carbons (Fsp3) is 0.700. The Balaban J connectivity index is 1.65. The van der Waals surface area contributed by atoms with Gasteiger partial charge in [-0.15, -0.1) is 10.2 Å². The van der Waals surface area contributed by atoms with E-state index in [1.807, 2.05) is 0 Å². The number of halogens is 1. The fourth-order valence-corrected chi connectivity index (χ4v) is 3.51. The minimum absolute atomic E-state index is 0.145. The number of amides is 1. The summed E-state index contributed by atoms with van der Waals surface area (Å²) in [5.74, 6) is -0.145. The minimum Gasteiger partial charge on any atom is -0.346 e. The molecular formula is C10H13ClN4OS. The van der Waals surface area contributed by atoms with Crippen molar-refractivity contribution in [1.29, 1.82) is 0 Å². The van der Waals surface area contributed by atoms with E-state index in [9.17, 15) is 4.79 Å². The lowest BCUT2D eigenvalue weighted by Crippen LogP contribution is -2.42. The van der Waals surface area contributed by atoms with E-state index in [1.165, 1.54) is 19.4 Å². The molecule has 0 spiro atoms. The third-order valence-corrected chi connectivity index (χ3v) is 4.53. The van der Waals surface area contributed by atoms with Gasteiger partial charge < -0.3 is 5.32 Å². The first kappa shape index (κ1) is 11.4. The average Bonchev–Trinajstić information content (AvgIpc) is 2.96. The summed E-state index contributed by atoms with van der Waals surface area (Å²) in [6, 6.07) is 0.773. The highest BCUT2D eigenvalue weighted by Gasteiger charge is 2.38. The molecule has 0 radical (unpaired) electrons. The van der Waals surface area contributed by atoms with Crippen LogP contribution in [0.3, 0.4) is 0 Å². The predicted molar refractivity (Wildman–Crippen MR) is 65.4 cm³/mol. The number of carbonyl (C=O) groups is 1. The summed E-state index contributed by atoms with van der Waals surface area (Å²) in [7, 11) is 0. The number of fused-ring (bicyclic) bond motifs is 1. The lowest BCUT2D eigenvalue weighted by molar-refractivity contribution is 0.0928. The van der Waals surface area contributed by atoms with Crippen molar-refractivity contribution in [1.82, 2.24) is 20.4 Å². The van der Waals surface area contributed by atoms with Crippen LogP contribution in [0.2, 0.25) is 4.47 Å². The Hall–Kier alpha value is -0.720. The van der Waals surface area contributed by atoms with Gasteiger partial charge in [-0.05, 0) is 37.4 Å². The summed E-state index contributed by atoms with van der Waals surface area (Å²) >= 11 is 6.79. The second kappa shape index (κ2) is 4.51. The van der Waals surface area contributed by atoms with E-state index >= 15 is 0 Å². The summed E-state index contributed by atoms with van der Waals surface area (Å²) in [6.45, 7) is 2.26. The highest BCUT2D eigenvalue weighted by atomic mass is 35.5. The van der Waals surface area contributed by atoms with Gasteiger partial charge in [0.1, 0.15) is 0 Å². The van der Waals surface area contributed by atoms with Crippen LogP contribution < -0.4 is 5.32 Å². The molecule has 0 bridgehead atoms. The summed E-state index contributed by atoms with van der Waals surface area (Å²) in [5.41, 5.74) is 0. The van der Waals surface area contributed by atoms with Crippen molar-refractivity contribution in [3.05, 3.63) is 9.47 Å². The molecule has 5 nitrogen and oxygen atoms in total. The molecule has 0 aromatic carbocycles. The van der Waals surface area contributed by atoms with E-state index in [0.717, 1.165) is 24.3 Å². The normalized spacial score (nSPS) is 28.3. The molecule has 2 unspecified atom stereocenters. The Morgan fingerprint density at radius 1 is 1.41 bits per heavy atom. The number of hydrogen-bond acceptors (Lipinski definition) is 5. The number of rotatable bonds is 2. The molecule has 3 heterocycles. The van der Waals surface area contributed by atoms with E-state index in [4.69, 9.17) is 11.6 Å². The molecule has 1 aromatic heterocycles. The van der Waals surface area contributed by atoms with Crippen LogP contribution in [0.1, 0.15) is 29.1 Å². The predicted octanol–water partition coefficient (Wildman–Crippen LogP) is 1.16. The van der Waals surface area contributed by atoms with Gasteiger partial charge in [-0.2, -0.15) is 0 Å². The number of nitrogens with one attached hydrogen (secondary N) is 1. The summed E-state index contributed by atoms with van der Waals surface area (Å²) in [6.07, 6.45) is 3.45. The van der Waals surface area contributed by atoms with Gasteiger partial charge >= 0.3 is 0 Å². The van der Waals surface area contributed by atoms with Crippen molar-refractivity contribution < 1.29 is 4.79 Å². The van der Waals surface area contributed by atoms with Gasteiger partial charge in [0.25, 0.3) is 5.91 Å². The first-order chi connectivity index (χ1) is 8.24. The van der Waals surface area contributed by atoms with Crippen molar-refractivity contribution in [2.45, 2.75) is 31.3 Å². The van der Waals surface area contributed by atoms with Crippen LogP contribution in [0, 0.1) is 0 Å². The van der Waals surface area contributed by atoms with Crippen LogP contribution >= 0.6 is 22.9 Å². The molecule has 7 heteroatoms. The SMILES string of the molecule is O=C(NC1CCN2CCCC12)c1nnc(Cl)s1. The molecule has 3 rings (SSSR count). The van der Waals surface area contributed by atoms with Crippen LogP contribution in [0.5, 0.6) is 0 Å². The van der Waals surface area contributed by atoms with Gasteiger partial charge in [0, 0.05) is 18.6 Å². The molecule has 2 aliphatic rings. The molecule has 1 aromatic rings. The van der Waals surface area contributed by atoms with Crippen LogP contribution in [0.25, 0.3) is 0 Å². The number of hydrogen-bond donors (Lipinski definition) is 1. The first-order valence-electron chi connectivity index (χ1n) is 5.78. The van der Waals surface area contributed by atoms with Crippen molar-refractivity contribution in [3.8, 4) is 0 Å². The highest BCUT2D eigenvalue weighted by Crippen LogP contribution is 2.28. The van der Waals surface area contributed by atoms with Gasteiger partial charge in [-0.3, -0.25) is 9.69 Å². The third-order valence-electron chi connectivity index (χ3n) is 3.52. The van der Waals surface area contributed by atoms with Gasteiger partial charge in [0.15, 0.2) is 0 Å². The zero-order valence-electron chi connectivity index (χ0n) is 9.23. The van der Waals surface area contributed by atoms with Crippen LogP contribution in [-0.4, -0.2) is 46.2 Å². The molecule has 17 heavy (non-hydrogen) atoms. The largest absolute Gasteiger partial charge is 0.346 e. The lowest BCUT2D eigenvalue weighted by atomic mass is 10.1. The second-order valence-electron chi connectivity index (χ2n) is 4.47. The molecule has 0 saturated carbocycles. The molecule has 2 saturated heterocycles. The standard InChI is InChI=1S/C10H13ClN4OS/c11-10-14-13-9(17-10)8(16)12-6-3-5-15-4-1-2-7(6)15/h6-7H,1-5H2,(H,12,16). The molecular weight excluding hydrogens is 260 g/mol. The fourth-order valence-electron chi connectivity index (χ4n) is 2.78. The van der Waals surface area contributed by atoms with Gasteiger partial charge in [0.05, 0.1) is 0 Å². The zero-order chi connectivity index (χ0) is 11.8. The number of carbonyl (C=O) groups excluding carboxylic acids is 1. The third kappa shape index (κ3) is 2.17. The Bertz CT molecular complexity index is 438. The topological polar surface area (TPSA) is 58.1 Å². The number of nitrogens with zero attached hydrogens (tertiary/aromatic N) is 3. The summed E-state index contributed by atoms with van der Waals surface area (Å²) < 4.78 is 0.309. The molecule has 2 aliphatic heterocycles. The van der Waals surface area contributed by atoms with Crippen molar-refractivity contribution in [3.63, 3.8) is 0 Å². The molecule has 1 amide bonds. The Morgan fingerprint density at radius 3 is 3.06 bits per heavy atom. The maximum absolute atomic E-state index is 11.9. The van der Waals surface area contributed by atoms with E-state index in [1.54, 1.807) is 0 Å². The molecule has 2 atom stereocenters.